The van der Waals surface area contributed by atoms with Crippen LogP contribution in [0.3, 0.4) is 0 Å². The van der Waals surface area contributed by atoms with Crippen molar-refractivity contribution in [3.8, 4) is 0 Å². The van der Waals surface area contributed by atoms with Crippen LogP contribution in [0.5, 0.6) is 0 Å². The van der Waals surface area contributed by atoms with Gasteiger partial charge in [0.1, 0.15) is 0 Å². The van der Waals surface area contributed by atoms with Gasteiger partial charge in [-0.15, -0.1) is 11.8 Å². The van der Waals surface area contributed by atoms with Gasteiger partial charge in [0.2, 0.25) is 6.41 Å². The normalized spacial score (nSPS) is 11.9. The summed E-state index contributed by atoms with van der Waals surface area (Å²) in [6, 6.07) is 6.62. The van der Waals surface area contributed by atoms with Crippen molar-refractivity contribution < 1.29 is 4.79 Å². The smallest absolute Gasteiger partial charge is 0.213 e. The van der Waals surface area contributed by atoms with Crippen LogP contribution in [-0.2, 0) is 11.2 Å². The van der Waals surface area contributed by atoms with Crippen LogP contribution in [0.15, 0.2) is 41.4 Å². The number of aryl methyl sites for hydroxylation is 1. The predicted molar refractivity (Wildman–Crippen MR) is 93.5 cm³/mol. The van der Waals surface area contributed by atoms with Crippen molar-refractivity contribution in [2.24, 2.45) is 0 Å². The van der Waals surface area contributed by atoms with Crippen molar-refractivity contribution >= 4 is 23.7 Å². The first-order valence-electron chi connectivity index (χ1n) is 7.35. The van der Waals surface area contributed by atoms with Gasteiger partial charge in [-0.05, 0) is 54.9 Å². The number of carbonyl (C=O) groups excluding carboxylic acids is 1. The molecule has 0 N–H and O–H groups in total. The van der Waals surface area contributed by atoms with E-state index >= 15 is 0 Å². The molecule has 1 rings (SSSR count). The molecule has 0 aliphatic rings. The quantitative estimate of drug-likeness (QED) is 0.392. The Kier molecular flexibility index (Phi) is 7.91. The van der Waals surface area contributed by atoms with Crippen LogP contribution >= 0.6 is 11.8 Å². The molecule has 0 saturated carbocycles. The van der Waals surface area contributed by atoms with Crippen molar-refractivity contribution in [3.05, 3.63) is 47.7 Å². The van der Waals surface area contributed by atoms with E-state index in [1.807, 2.05) is 19.2 Å². The number of thioether (sulfide) groups is 1. The van der Waals surface area contributed by atoms with Crippen molar-refractivity contribution in [1.82, 2.24) is 4.90 Å². The van der Waals surface area contributed by atoms with E-state index in [4.69, 9.17) is 0 Å². The Morgan fingerprint density at radius 1 is 1.38 bits per heavy atom. The van der Waals surface area contributed by atoms with Crippen LogP contribution in [-0.4, -0.2) is 24.6 Å². The molecule has 2 nitrogen and oxygen atoms in total. The second-order valence-electron chi connectivity index (χ2n) is 4.98. The van der Waals surface area contributed by atoms with E-state index in [-0.39, 0.29) is 0 Å². The lowest BCUT2D eigenvalue weighted by molar-refractivity contribution is -0.114. The molecular weight excluding hydrogens is 278 g/mol. The molecule has 0 saturated heterocycles. The number of amides is 1. The summed E-state index contributed by atoms with van der Waals surface area (Å²) in [6.07, 6.45) is 12.3. The summed E-state index contributed by atoms with van der Waals surface area (Å²) in [5.74, 6) is 0. The summed E-state index contributed by atoms with van der Waals surface area (Å²) in [5, 5.41) is 0. The molecular formula is C18H25NOS. The largest absolute Gasteiger partial charge is 0.324 e. The van der Waals surface area contributed by atoms with Gasteiger partial charge >= 0.3 is 0 Å². The molecule has 0 unspecified atom stereocenters. The second kappa shape index (κ2) is 9.46. The van der Waals surface area contributed by atoms with Gasteiger partial charge in [-0.3, -0.25) is 4.79 Å². The minimum Gasteiger partial charge on any atom is -0.324 e. The van der Waals surface area contributed by atoms with Crippen molar-refractivity contribution in [3.63, 3.8) is 0 Å². The van der Waals surface area contributed by atoms with Crippen LogP contribution < -0.4 is 0 Å². The van der Waals surface area contributed by atoms with Gasteiger partial charge in [-0.2, -0.15) is 0 Å². The third-order valence-corrected chi connectivity index (χ3v) is 4.01. The van der Waals surface area contributed by atoms with E-state index in [9.17, 15) is 4.79 Å². The summed E-state index contributed by atoms with van der Waals surface area (Å²) < 4.78 is 0. The number of carbonyl (C=O) groups is 1. The molecule has 1 aromatic rings. The molecule has 21 heavy (non-hydrogen) atoms. The van der Waals surface area contributed by atoms with Gasteiger partial charge in [0.15, 0.2) is 0 Å². The van der Waals surface area contributed by atoms with E-state index < -0.39 is 0 Å². The summed E-state index contributed by atoms with van der Waals surface area (Å²) in [7, 11) is 1.76. The maximum atomic E-state index is 10.9. The Hall–Kier alpha value is -1.48. The van der Waals surface area contributed by atoms with Gasteiger partial charge < -0.3 is 4.90 Å². The van der Waals surface area contributed by atoms with Gasteiger partial charge in [0.05, 0.1) is 0 Å². The first-order chi connectivity index (χ1) is 10.2. The van der Waals surface area contributed by atoms with E-state index in [0.29, 0.717) is 0 Å². The lowest BCUT2D eigenvalue weighted by atomic mass is 9.96. The number of hydrogen-bond donors (Lipinski definition) is 0. The van der Waals surface area contributed by atoms with Crippen molar-refractivity contribution in [2.45, 2.75) is 38.0 Å². The van der Waals surface area contributed by atoms with Crippen LogP contribution in [0.2, 0.25) is 0 Å². The summed E-state index contributed by atoms with van der Waals surface area (Å²) >= 11 is 1.74. The van der Waals surface area contributed by atoms with E-state index in [1.54, 1.807) is 23.7 Å². The molecule has 0 aliphatic carbocycles. The first kappa shape index (κ1) is 17.6. The highest BCUT2D eigenvalue weighted by Crippen LogP contribution is 2.27. The molecule has 114 valence electrons. The lowest BCUT2D eigenvalue weighted by Crippen LogP contribution is -2.08. The van der Waals surface area contributed by atoms with Gasteiger partial charge in [-0.25, -0.2) is 0 Å². The highest BCUT2D eigenvalue weighted by Gasteiger charge is 2.08. The molecule has 1 amide bonds. The Morgan fingerprint density at radius 3 is 2.71 bits per heavy atom. The molecule has 0 atom stereocenters. The number of hydrogen-bond acceptors (Lipinski definition) is 2. The number of rotatable bonds is 8. The molecule has 0 spiro atoms. The zero-order chi connectivity index (χ0) is 15.7. The van der Waals surface area contributed by atoms with Crippen molar-refractivity contribution in [2.75, 3.05) is 13.3 Å². The van der Waals surface area contributed by atoms with Crippen LogP contribution in [0, 0.1) is 0 Å². The fraction of sp³-hybridized carbons (Fsp3) is 0.389. The number of allylic oxidation sites excluding steroid dienone is 3. The molecule has 0 fully saturated rings. The fourth-order valence-corrected chi connectivity index (χ4v) is 2.61. The van der Waals surface area contributed by atoms with Crippen LogP contribution in [0.4, 0.5) is 0 Å². The molecule has 1 aromatic carbocycles. The molecule has 0 heterocycles. The topological polar surface area (TPSA) is 20.3 Å². The summed E-state index contributed by atoms with van der Waals surface area (Å²) in [5.41, 5.74) is 3.65. The maximum Gasteiger partial charge on any atom is 0.213 e. The third kappa shape index (κ3) is 5.43. The maximum absolute atomic E-state index is 10.9. The summed E-state index contributed by atoms with van der Waals surface area (Å²) in [6.45, 7) is 4.21. The zero-order valence-corrected chi connectivity index (χ0v) is 14.2. The predicted octanol–water partition coefficient (Wildman–Crippen LogP) is 4.76. The van der Waals surface area contributed by atoms with Gasteiger partial charge in [0.25, 0.3) is 0 Å². The Balaban J connectivity index is 3.31. The molecule has 0 radical (unpaired) electrons. The highest BCUT2D eigenvalue weighted by molar-refractivity contribution is 7.98. The van der Waals surface area contributed by atoms with E-state index in [2.05, 4.69) is 37.5 Å². The molecule has 0 aliphatic heterocycles. The number of unbranched alkanes of at least 4 members (excludes halogenated alkanes) is 1. The van der Waals surface area contributed by atoms with Crippen LogP contribution in [0.1, 0.15) is 37.8 Å². The Bertz CT molecular complexity index is 520. The standard InChI is InChI=1S/C18H25NOS/c1-5-7-9-15-10-11-17(21-4)12-18(15)16(8-6-2)13-19(3)14-20/h6,8,10-14H,5,7,9H2,1-4H3/b8-6-,16-13+. The average molecular weight is 303 g/mol. The molecule has 3 heteroatoms. The molecule has 0 bridgehead atoms. The fourth-order valence-electron chi connectivity index (χ4n) is 2.17. The van der Waals surface area contributed by atoms with Gasteiger partial charge in [-0.1, -0.05) is 31.6 Å². The summed E-state index contributed by atoms with van der Waals surface area (Å²) in [4.78, 5) is 13.7. The number of benzene rings is 1. The zero-order valence-electron chi connectivity index (χ0n) is 13.4. The Labute approximate surface area is 132 Å². The number of nitrogens with zero attached hydrogens (tertiary/aromatic N) is 1. The minimum absolute atomic E-state index is 0.827. The first-order valence-corrected chi connectivity index (χ1v) is 8.57. The van der Waals surface area contributed by atoms with Gasteiger partial charge in [0, 0.05) is 18.1 Å². The highest BCUT2D eigenvalue weighted by atomic mass is 32.2. The SMILES string of the molecule is C/C=C\C(=C/N(C)C=O)c1cc(SC)ccc1CCCC. The van der Waals surface area contributed by atoms with Crippen molar-refractivity contribution in [1.29, 1.82) is 0 Å². The molecule has 0 aromatic heterocycles. The lowest BCUT2D eigenvalue weighted by Gasteiger charge is -2.14. The monoisotopic (exact) mass is 303 g/mol. The van der Waals surface area contributed by atoms with E-state index in [1.165, 1.54) is 28.9 Å². The second-order valence-corrected chi connectivity index (χ2v) is 5.86. The third-order valence-electron chi connectivity index (χ3n) is 3.28. The van der Waals surface area contributed by atoms with Crippen LogP contribution in [0.25, 0.3) is 5.57 Å². The average Bonchev–Trinajstić information content (AvgIpc) is 2.52. The Morgan fingerprint density at radius 2 is 2.14 bits per heavy atom. The van der Waals surface area contributed by atoms with E-state index in [0.717, 1.165) is 18.4 Å². The minimum atomic E-state index is 0.827.